The van der Waals surface area contributed by atoms with Crippen molar-refractivity contribution in [2.75, 3.05) is 16.4 Å². The highest BCUT2D eigenvalue weighted by molar-refractivity contribution is 8.00. The fourth-order valence-corrected chi connectivity index (χ4v) is 2.48. The Bertz CT molecular complexity index is 522. The van der Waals surface area contributed by atoms with Crippen molar-refractivity contribution in [1.82, 2.24) is 0 Å². The number of carbonyl (C=O) groups excluding carboxylic acids is 2. The van der Waals surface area contributed by atoms with Gasteiger partial charge in [0.05, 0.1) is 17.5 Å². The predicted octanol–water partition coefficient (Wildman–Crippen LogP) is 2.07. The van der Waals surface area contributed by atoms with Crippen molar-refractivity contribution in [2.45, 2.75) is 24.8 Å². The number of nitrogens with two attached hydrogens (primary N) is 1. The van der Waals surface area contributed by atoms with Gasteiger partial charge >= 0.3 is 0 Å². The van der Waals surface area contributed by atoms with E-state index in [1.807, 2.05) is 26.0 Å². The first kappa shape index (κ1) is 16.8. The zero-order chi connectivity index (χ0) is 14.0. The maximum Gasteiger partial charge on any atom is 0.241 e. The van der Waals surface area contributed by atoms with Crippen LogP contribution in [-0.2, 0) is 9.59 Å². The summed E-state index contributed by atoms with van der Waals surface area (Å²) in [4.78, 5) is 24.2. The Labute approximate surface area is 128 Å². The number of rotatable bonds is 3. The van der Waals surface area contributed by atoms with Crippen molar-refractivity contribution in [3.8, 4) is 0 Å². The van der Waals surface area contributed by atoms with Crippen LogP contribution in [0.15, 0.2) is 23.1 Å². The third-order valence-corrected chi connectivity index (χ3v) is 3.97. The molecule has 0 aromatic heterocycles. The lowest BCUT2D eigenvalue weighted by Gasteiger charge is -2.19. The van der Waals surface area contributed by atoms with E-state index in [-0.39, 0.29) is 30.1 Å². The van der Waals surface area contributed by atoms with Crippen LogP contribution in [0, 0.1) is 5.92 Å². The van der Waals surface area contributed by atoms with Crippen molar-refractivity contribution in [2.24, 2.45) is 11.7 Å². The Morgan fingerprint density at radius 1 is 1.45 bits per heavy atom. The predicted molar refractivity (Wildman–Crippen MR) is 84.5 cm³/mol. The van der Waals surface area contributed by atoms with Gasteiger partial charge in [-0.3, -0.25) is 9.59 Å². The first-order chi connectivity index (χ1) is 8.97. The average molecular weight is 316 g/mol. The van der Waals surface area contributed by atoms with Gasteiger partial charge in [-0.2, -0.15) is 0 Å². The molecular weight excluding hydrogens is 298 g/mol. The van der Waals surface area contributed by atoms with Gasteiger partial charge < -0.3 is 16.4 Å². The number of carbonyl (C=O) groups is 2. The van der Waals surface area contributed by atoms with Gasteiger partial charge in [0, 0.05) is 10.6 Å². The van der Waals surface area contributed by atoms with Crippen molar-refractivity contribution in [3.63, 3.8) is 0 Å². The van der Waals surface area contributed by atoms with E-state index in [2.05, 4.69) is 10.6 Å². The smallest absolute Gasteiger partial charge is 0.241 e. The normalized spacial score (nSPS) is 14.9. The first-order valence-electron chi connectivity index (χ1n) is 6.10. The summed E-state index contributed by atoms with van der Waals surface area (Å²) in [5.41, 5.74) is 7.16. The molecule has 2 amide bonds. The molecule has 20 heavy (non-hydrogen) atoms. The summed E-state index contributed by atoms with van der Waals surface area (Å²) >= 11 is 1.49. The van der Waals surface area contributed by atoms with Crippen LogP contribution in [0.2, 0.25) is 0 Å². The van der Waals surface area contributed by atoms with Crippen LogP contribution in [0.25, 0.3) is 0 Å². The molecule has 1 aliphatic heterocycles. The summed E-state index contributed by atoms with van der Waals surface area (Å²) in [7, 11) is 0. The fourth-order valence-electron chi connectivity index (χ4n) is 1.69. The SMILES string of the molecule is CC(C)C(N)C(=O)Nc1ccc2c(c1)NC(=O)CS2.Cl. The molecular formula is C13H18ClN3O2S. The van der Waals surface area contributed by atoms with Gasteiger partial charge in [0.15, 0.2) is 0 Å². The van der Waals surface area contributed by atoms with Crippen molar-refractivity contribution >= 4 is 47.4 Å². The second-order valence-electron chi connectivity index (χ2n) is 4.81. The second-order valence-corrected chi connectivity index (χ2v) is 5.82. The van der Waals surface area contributed by atoms with E-state index in [0.29, 0.717) is 11.4 Å². The van der Waals surface area contributed by atoms with Crippen LogP contribution in [-0.4, -0.2) is 23.6 Å². The van der Waals surface area contributed by atoms with E-state index in [0.717, 1.165) is 10.6 Å². The minimum atomic E-state index is -0.542. The molecule has 0 aliphatic carbocycles. The molecule has 1 heterocycles. The summed E-state index contributed by atoms with van der Waals surface area (Å²) in [6.45, 7) is 3.79. The quantitative estimate of drug-likeness (QED) is 0.797. The maximum atomic E-state index is 11.9. The molecule has 1 unspecified atom stereocenters. The van der Waals surface area contributed by atoms with Gasteiger partial charge in [0.25, 0.3) is 0 Å². The first-order valence-corrected chi connectivity index (χ1v) is 7.09. The van der Waals surface area contributed by atoms with E-state index in [9.17, 15) is 9.59 Å². The summed E-state index contributed by atoms with van der Waals surface area (Å²) in [6.07, 6.45) is 0. The zero-order valence-corrected chi connectivity index (χ0v) is 12.9. The van der Waals surface area contributed by atoms with Gasteiger partial charge in [-0.1, -0.05) is 13.8 Å². The molecule has 1 aliphatic rings. The number of thioether (sulfide) groups is 1. The molecule has 0 radical (unpaired) electrons. The number of fused-ring (bicyclic) bond motifs is 1. The van der Waals surface area contributed by atoms with E-state index in [4.69, 9.17) is 5.73 Å². The molecule has 4 N–H and O–H groups in total. The highest BCUT2D eigenvalue weighted by Crippen LogP contribution is 2.33. The van der Waals surface area contributed by atoms with Crippen molar-refractivity contribution in [1.29, 1.82) is 0 Å². The Balaban J connectivity index is 0.00000200. The average Bonchev–Trinajstić information content (AvgIpc) is 2.37. The topological polar surface area (TPSA) is 84.2 Å². The van der Waals surface area contributed by atoms with E-state index < -0.39 is 6.04 Å². The van der Waals surface area contributed by atoms with E-state index in [1.54, 1.807) is 6.07 Å². The molecule has 0 saturated heterocycles. The van der Waals surface area contributed by atoms with E-state index >= 15 is 0 Å². The van der Waals surface area contributed by atoms with Crippen molar-refractivity contribution < 1.29 is 9.59 Å². The fraction of sp³-hybridized carbons (Fsp3) is 0.385. The second kappa shape index (κ2) is 6.97. The number of anilines is 2. The largest absolute Gasteiger partial charge is 0.325 e. The summed E-state index contributed by atoms with van der Waals surface area (Å²) in [5, 5.41) is 5.55. The van der Waals surface area contributed by atoms with Crippen LogP contribution in [0.4, 0.5) is 11.4 Å². The highest BCUT2D eigenvalue weighted by atomic mass is 35.5. The Kier molecular flexibility index (Phi) is 5.86. The molecule has 110 valence electrons. The molecule has 7 heteroatoms. The third-order valence-electron chi connectivity index (χ3n) is 2.90. The van der Waals surface area contributed by atoms with E-state index in [1.165, 1.54) is 11.8 Å². The summed E-state index contributed by atoms with van der Waals surface area (Å²) in [6, 6.07) is 4.91. The number of amides is 2. The number of nitrogens with one attached hydrogen (secondary N) is 2. The van der Waals surface area contributed by atoms with Gasteiger partial charge in [0.2, 0.25) is 11.8 Å². The number of hydrogen-bond acceptors (Lipinski definition) is 4. The van der Waals surface area contributed by atoms with Crippen molar-refractivity contribution in [3.05, 3.63) is 18.2 Å². The minimum absolute atomic E-state index is 0. The van der Waals surface area contributed by atoms with Gasteiger partial charge in [-0.15, -0.1) is 24.2 Å². The monoisotopic (exact) mass is 315 g/mol. The van der Waals surface area contributed by atoms with Crippen LogP contribution >= 0.6 is 24.2 Å². The zero-order valence-electron chi connectivity index (χ0n) is 11.3. The van der Waals surface area contributed by atoms with Gasteiger partial charge in [0.1, 0.15) is 0 Å². The maximum absolute atomic E-state index is 11.9. The summed E-state index contributed by atoms with van der Waals surface area (Å²) in [5.74, 6) is 0.259. The highest BCUT2D eigenvalue weighted by Gasteiger charge is 2.19. The van der Waals surface area contributed by atoms with Crippen LogP contribution in [0.5, 0.6) is 0 Å². The molecule has 1 atom stereocenters. The molecule has 0 saturated carbocycles. The minimum Gasteiger partial charge on any atom is -0.325 e. The molecule has 5 nitrogen and oxygen atoms in total. The third kappa shape index (κ3) is 3.88. The Morgan fingerprint density at radius 2 is 2.15 bits per heavy atom. The van der Waals surface area contributed by atoms with Crippen LogP contribution in [0.1, 0.15) is 13.8 Å². The Morgan fingerprint density at radius 3 is 2.80 bits per heavy atom. The molecule has 0 spiro atoms. The van der Waals surface area contributed by atoms with Crippen LogP contribution in [0.3, 0.4) is 0 Å². The molecule has 0 bridgehead atoms. The lowest BCUT2D eigenvalue weighted by molar-refractivity contribution is -0.118. The summed E-state index contributed by atoms with van der Waals surface area (Å²) < 4.78 is 0. The molecule has 1 aromatic rings. The van der Waals surface area contributed by atoms with Crippen LogP contribution < -0.4 is 16.4 Å². The molecule has 0 fully saturated rings. The molecule has 1 aromatic carbocycles. The lowest BCUT2D eigenvalue weighted by atomic mass is 10.0. The van der Waals surface area contributed by atoms with Gasteiger partial charge in [-0.05, 0) is 24.1 Å². The number of hydrogen-bond donors (Lipinski definition) is 3. The number of halogens is 1. The lowest BCUT2D eigenvalue weighted by Crippen LogP contribution is -2.39. The standard InChI is InChI=1S/C13H17N3O2S.ClH/c1-7(2)12(14)13(18)15-8-3-4-10-9(5-8)16-11(17)6-19-10;/h3-5,7,12H,6,14H2,1-2H3,(H,15,18)(H,16,17);1H. The molecule has 2 rings (SSSR count). The Hall–Kier alpha value is -1.24. The van der Waals surface area contributed by atoms with Gasteiger partial charge in [-0.25, -0.2) is 0 Å². The number of benzene rings is 1.